The number of carbonyl (C=O) groups excluding carboxylic acids is 2. The highest BCUT2D eigenvalue weighted by Crippen LogP contribution is 2.01. The third kappa shape index (κ3) is 8.88. The van der Waals surface area contributed by atoms with E-state index in [-0.39, 0.29) is 5.57 Å². The summed E-state index contributed by atoms with van der Waals surface area (Å²) in [4.78, 5) is 22.8. The quantitative estimate of drug-likeness (QED) is 0.300. The van der Waals surface area contributed by atoms with Gasteiger partial charge in [-0.15, -0.1) is 0 Å². The maximum absolute atomic E-state index is 11.5. The molecule has 2 N–H and O–H groups in total. The average molecular weight is 269 g/mol. The van der Waals surface area contributed by atoms with Crippen LogP contribution in [0.3, 0.4) is 0 Å². The first-order valence-corrected chi connectivity index (χ1v) is 6.59. The molecule has 0 radical (unpaired) electrons. The van der Waals surface area contributed by atoms with Crippen molar-refractivity contribution in [1.29, 1.82) is 0 Å². The Morgan fingerprint density at radius 3 is 2.11 bits per heavy atom. The summed E-state index contributed by atoms with van der Waals surface area (Å²) in [6.07, 6.45) is 7.11. The molecule has 0 aliphatic carbocycles. The van der Waals surface area contributed by atoms with E-state index in [0.717, 1.165) is 31.9 Å². The molecule has 0 spiro atoms. The lowest BCUT2D eigenvalue weighted by Gasteiger charge is -2.04. The van der Waals surface area contributed by atoms with E-state index in [0.29, 0.717) is 13.2 Å². The normalized spacial score (nSPS) is 11.6. The van der Waals surface area contributed by atoms with Gasteiger partial charge in [0.25, 0.3) is 0 Å². The fraction of sp³-hybridized carbons (Fsp3) is 0.571. The Bertz CT molecular complexity index is 334. The van der Waals surface area contributed by atoms with E-state index >= 15 is 0 Å². The second-order valence-corrected chi connectivity index (χ2v) is 3.97. The van der Waals surface area contributed by atoms with Gasteiger partial charge in [0, 0.05) is 12.3 Å². The van der Waals surface area contributed by atoms with Crippen molar-refractivity contribution in [3.05, 3.63) is 23.9 Å². The molecule has 0 heterocycles. The second-order valence-electron chi connectivity index (χ2n) is 3.97. The third-order valence-corrected chi connectivity index (χ3v) is 2.29. The summed E-state index contributed by atoms with van der Waals surface area (Å²) in [5.41, 5.74) is 5.46. The van der Waals surface area contributed by atoms with Crippen LogP contribution in [0.5, 0.6) is 0 Å². The van der Waals surface area contributed by atoms with Crippen molar-refractivity contribution >= 4 is 11.9 Å². The number of nitrogens with two attached hydrogens (primary N) is 1. The molecule has 0 saturated heterocycles. The predicted molar refractivity (Wildman–Crippen MR) is 73.1 cm³/mol. The van der Waals surface area contributed by atoms with Gasteiger partial charge in [-0.05, 0) is 18.9 Å². The lowest BCUT2D eigenvalue weighted by molar-refractivity contribution is -0.138. The van der Waals surface area contributed by atoms with Gasteiger partial charge in [0.05, 0.1) is 18.8 Å². The highest BCUT2D eigenvalue weighted by molar-refractivity contribution is 5.93. The van der Waals surface area contributed by atoms with Crippen LogP contribution in [-0.2, 0) is 19.1 Å². The van der Waals surface area contributed by atoms with Gasteiger partial charge >= 0.3 is 11.9 Å². The third-order valence-electron chi connectivity index (χ3n) is 2.29. The molecule has 0 fully saturated rings. The van der Waals surface area contributed by atoms with Gasteiger partial charge in [-0.1, -0.05) is 26.7 Å². The largest absolute Gasteiger partial charge is 0.463 e. The van der Waals surface area contributed by atoms with E-state index in [4.69, 9.17) is 15.2 Å². The predicted octanol–water partition coefficient (Wildman–Crippen LogP) is 2.07. The van der Waals surface area contributed by atoms with E-state index in [2.05, 4.69) is 0 Å². The van der Waals surface area contributed by atoms with E-state index in [1.807, 2.05) is 13.8 Å². The number of carbonyl (C=O) groups is 2. The van der Waals surface area contributed by atoms with Crippen LogP contribution >= 0.6 is 0 Å². The molecule has 0 amide bonds. The summed E-state index contributed by atoms with van der Waals surface area (Å²) >= 11 is 0. The van der Waals surface area contributed by atoms with Crippen LogP contribution in [0.2, 0.25) is 0 Å². The van der Waals surface area contributed by atoms with Crippen molar-refractivity contribution in [3.63, 3.8) is 0 Å². The van der Waals surface area contributed by atoms with Crippen LogP contribution in [0, 0.1) is 0 Å². The first-order chi connectivity index (χ1) is 9.15. The van der Waals surface area contributed by atoms with Crippen LogP contribution in [0.15, 0.2) is 23.9 Å². The van der Waals surface area contributed by atoms with E-state index < -0.39 is 11.9 Å². The lowest BCUT2D eigenvalue weighted by Crippen LogP contribution is -2.10. The number of esters is 2. The van der Waals surface area contributed by atoms with E-state index in [1.54, 1.807) is 0 Å². The second kappa shape index (κ2) is 11.3. The van der Waals surface area contributed by atoms with Gasteiger partial charge in [-0.3, -0.25) is 0 Å². The highest BCUT2D eigenvalue weighted by atomic mass is 16.5. The summed E-state index contributed by atoms with van der Waals surface area (Å²) in [5, 5.41) is 0. The zero-order chi connectivity index (χ0) is 14.5. The SMILES string of the molecule is CCCCOC(=O)/C=C/C(=C/N)C(=O)OCCCC. The van der Waals surface area contributed by atoms with E-state index in [9.17, 15) is 9.59 Å². The minimum absolute atomic E-state index is 0.142. The van der Waals surface area contributed by atoms with Gasteiger partial charge in [0.1, 0.15) is 0 Å². The number of unbranched alkanes of at least 4 members (excludes halogenated alkanes) is 2. The topological polar surface area (TPSA) is 78.6 Å². The van der Waals surface area contributed by atoms with Crippen LogP contribution in [0.1, 0.15) is 39.5 Å². The molecule has 0 aromatic carbocycles. The summed E-state index contributed by atoms with van der Waals surface area (Å²) in [6.45, 7) is 4.73. The van der Waals surface area contributed by atoms with Crippen molar-refractivity contribution in [2.24, 2.45) is 5.73 Å². The molecular weight excluding hydrogens is 246 g/mol. The van der Waals surface area contributed by atoms with Crippen LogP contribution in [0.25, 0.3) is 0 Å². The van der Waals surface area contributed by atoms with E-state index in [1.165, 1.54) is 12.2 Å². The van der Waals surface area contributed by atoms with Crippen LogP contribution in [-0.4, -0.2) is 25.2 Å². The van der Waals surface area contributed by atoms with Gasteiger partial charge in [0.15, 0.2) is 0 Å². The molecule has 0 aliphatic rings. The summed E-state index contributed by atoms with van der Waals surface area (Å²) in [6, 6.07) is 0. The Hall–Kier alpha value is -1.78. The number of rotatable bonds is 9. The Morgan fingerprint density at radius 1 is 1.00 bits per heavy atom. The van der Waals surface area contributed by atoms with Crippen molar-refractivity contribution in [1.82, 2.24) is 0 Å². The standard InChI is InChI=1S/C14H23NO4/c1-3-5-9-18-13(16)8-7-12(11-15)14(17)19-10-6-4-2/h7-8,11H,3-6,9-10,15H2,1-2H3/b8-7+,12-11-. The monoisotopic (exact) mass is 269 g/mol. The molecular formula is C14H23NO4. The Balaban J connectivity index is 4.17. The Kier molecular flexibility index (Phi) is 10.3. The zero-order valence-corrected chi connectivity index (χ0v) is 11.7. The maximum Gasteiger partial charge on any atom is 0.339 e. The number of ether oxygens (including phenoxy) is 2. The Labute approximate surface area is 114 Å². The number of hydrogen-bond acceptors (Lipinski definition) is 5. The molecule has 0 bridgehead atoms. The molecule has 0 unspecified atom stereocenters. The first-order valence-electron chi connectivity index (χ1n) is 6.59. The Morgan fingerprint density at radius 2 is 1.58 bits per heavy atom. The molecule has 0 aromatic rings. The van der Waals surface area contributed by atoms with Gasteiger partial charge < -0.3 is 15.2 Å². The minimum Gasteiger partial charge on any atom is -0.463 e. The van der Waals surface area contributed by atoms with Crippen molar-refractivity contribution < 1.29 is 19.1 Å². The molecule has 0 rings (SSSR count). The van der Waals surface area contributed by atoms with Crippen LogP contribution in [0.4, 0.5) is 0 Å². The van der Waals surface area contributed by atoms with Crippen molar-refractivity contribution in [2.75, 3.05) is 13.2 Å². The smallest absolute Gasteiger partial charge is 0.339 e. The van der Waals surface area contributed by atoms with Gasteiger partial charge in [-0.2, -0.15) is 0 Å². The minimum atomic E-state index is -0.534. The summed E-state index contributed by atoms with van der Waals surface area (Å²) in [5.74, 6) is -1.03. The highest BCUT2D eigenvalue weighted by Gasteiger charge is 2.07. The fourth-order valence-corrected chi connectivity index (χ4v) is 1.11. The first kappa shape index (κ1) is 17.2. The van der Waals surface area contributed by atoms with Crippen molar-refractivity contribution in [3.8, 4) is 0 Å². The fourth-order valence-electron chi connectivity index (χ4n) is 1.11. The molecule has 5 heteroatoms. The summed E-state index contributed by atoms with van der Waals surface area (Å²) < 4.78 is 9.89. The van der Waals surface area contributed by atoms with Gasteiger partial charge in [0.2, 0.25) is 0 Å². The molecule has 108 valence electrons. The molecule has 0 aromatic heterocycles. The molecule has 5 nitrogen and oxygen atoms in total. The summed E-state index contributed by atoms with van der Waals surface area (Å²) in [7, 11) is 0. The lowest BCUT2D eigenvalue weighted by atomic mass is 10.2. The van der Waals surface area contributed by atoms with Gasteiger partial charge in [-0.25, -0.2) is 9.59 Å². The van der Waals surface area contributed by atoms with Crippen molar-refractivity contribution in [2.45, 2.75) is 39.5 Å². The maximum atomic E-state index is 11.5. The number of hydrogen-bond donors (Lipinski definition) is 1. The molecule has 0 saturated carbocycles. The molecule has 19 heavy (non-hydrogen) atoms. The van der Waals surface area contributed by atoms with Crippen LogP contribution < -0.4 is 5.73 Å². The average Bonchev–Trinajstić information content (AvgIpc) is 2.40. The molecule has 0 atom stereocenters. The zero-order valence-electron chi connectivity index (χ0n) is 11.7. The molecule has 0 aliphatic heterocycles.